The molecule has 0 aromatic rings. The van der Waals surface area contributed by atoms with Gasteiger partial charge in [0.25, 0.3) is 0 Å². The SMILES string of the molecule is CCC(C)(C)CC(C)(CC)C(O)CO. The highest BCUT2D eigenvalue weighted by Crippen LogP contribution is 2.40. The maximum Gasteiger partial charge on any atom is 0.0824 e. The van der Waals surface area contributed by atoms with Crippen LogP contribution in [0.2, 0.25) is 0 Å². The Morgan fingerprint density at radius 1 is 1.07 bits per heavy atom. The molecular formula is C12H26O2. The molecule has 86 valence electrons. The minimum atomic E-state index is -0.599. The average molecular weight is 202 g/mol. The van der Waals surface area contributed by atoms with E-state index in [1.807, 2.05) is 0 Å². The second kappa shape index (κ2) is 5.13. The predicted octanol–water partition coefficient (Wildman–Crippen LogP) is 2.58. The van der Waals surface area contributed by atoms with Crippen LogP contribution < -0.4 is 0 Å². The van der Waals surface area contributed by atoms with Gasteiger partial charge in [-0.3, -0.25) is 0 Å². The van der Waals surface area contributed by atoms with Crippen LogP contribution in [0.1, 0.15) is 53.9 Å². The van der Waals surface area contributed by atoms with Crippen LogP contribution >= 0.6 is 0 Å². The Labute approximate surface area is 88.3 Å². The van der Waals surface area contributed by atoms with E-state index in [0.29, 0.717) is 0 Å². The van der Waals surface area contributed by atoms with Crippen LogP contribution in [0, 0.1) is 10.8 Å². The molecule has 0 aromatic carbocycles. The molecule has 0 bridgehead atoms. The number of aliphatic hydroxyl groups excluding tert-OH is 2. The van der Waals surface area contributed by atoms with E-state index in [9.17, 15) is 5.11 Å². The van der Waals surface area contributed by atoms with Gasteiger partial charge in [-0.15, -0.1) is 0 Å². The zero-order chi connectivity index (χ0) is 11.4. The van der Waals surface area contributed by atoms with Crippen molar-refractivity contribution in [1.82, 2.24) is 0 Å². The summed E-state index contributed by atoms with van der Waals surface area (Å²) in [5.41, 5.74) is 0.0785. The average Bonchev–Trinajstić information content (AvgIpc) is 2.15. The molecule has 0 aliphatic carbocycles. The van der Waals surface area contributed by atoms with Crippen molar-refractivity contribution in [2.75, 3.05) is 6.61 Å². The minimum absolute atomic E-state index is 0.135. The number of rotatable bonds is 6. The van der Waals surface area contributed by atoms with Crippen LogP contribution in [-0.4, -0.2) is 22.9 Å². The fourth-order valence-corrected chi connectivity index (χ4v) is 1.92. The van der Waals surface area contributed by atoms with Crippen molar-refractivity contribution >= 4 is 0 Å². The fourth-order valence-electron chi connectivity index (χ4n) is 1.92. The number of hydrogen-bond acceptors (Lipinski definition) is 2. The van der Waals surface area contributed by atoms with Gasteiger partial charge in [-0.2, -0.15) is 0 Å². The van der Waals surface area contributed by atoms with E-state index >= 15 is 0 Å². The van der Waals surface area contributed by atoms with Gasteiger partial charge in [-0.1, -0.05) is 41.0 Å². The largest absolute Gasteiger partial charge is 0.394 e. The maximum absolute atomic E-state index is 9.79. The van der Waals surface area contributed by atoms with Gasteiger partial charge < -0.3 is 10.2 Å². The zero-order valence-electron chi connectivity index (χ0n) is 10.3. The zero-order valence-corrected chi connectivity index (χ0v) is 10.3. The van der Waals surface area contributed by atoms with E-state index in [0.717, 1.165) is 19.3 Å². The predicted molar refractivity (Wildman–Crippen MR) is 60.2 cm³/mol. The third-order valence-corrected chi connectivity index (χ3v) is 3.62. The Balaban J connectivity index is 4.54. The minimum Gasteiger partial charge on any atom is -0.394 e. The summed E-state index contributed by atoms with van der Waals surface area (Å²) in [4.78, 5) is 0. The first-order chi connectivity index (χ1) is 6.31. The van der Waals surface area contributed by atoms with Gasteiger partial charge in [-0.25, -0.2) is 0 Å². The molecule has 0 aliphatic rings. The lowest BCUT2D eigenvalue weighted by Crippen LogP contribution is -2.38. The summed E-state index contributed by atoms with van der Waals surface area (Å²) in [5, 5.41) is 18.8. The fraction of sp³-hybridized carbons (Fsp3) is 1.00. The summed E-state index contributed by atoms with van der Waals surface area (Å²) in [6.07, 6.45) is 2.35. The van der Waals surface area contributed by atoms with Crippen molar-refractivity contribution in [3.63, 3.8) is 0 Å². The van der Waals surface area contributed by atoms with E-state index < -0.39 is 6.10 Å². The van der Waals surface area contributed by atoms with Gasteiger partial charge in [0.15, 0.2) is 0 Å². The van der Waals surface area contributed by atoms with Gasteiger partial charge in [0.1, 0.15) is 0 Å². The van der Waals surface area contributed by atoms with Crippen LogP contribution in [0.4, 0.5) is 0 Å². The van der Waals surface area contributed by atoms with Gasteiger partial charge in [0, 0.05) is 0 Å². The molecule has 2 heteroatoms. The van der Waals surface area contributed by atoms with Crippen LogP contribution in [0.15, 0.2) is 0 Å². The quantitative estimate of drug-likeness (QED) is 0.695. The summed E-state index contributed by atoms with van der Waals surface area (Å²) >= 11 is 0. The first kappa shape index (κ1) is 13.9. The van der Waals surface area contributed by atoms with Crippen molar-refractivity contribution in [3.05, 3.63) is 0 Å². The van der Waals surface area contributed by atoms with Gasteiger partial charge in [0.05, 0.1) is 12.7 Å². The highest BCUT2D eigenvalue weighted by atomic mass is 16.3. The molecule has 2 atom stereocenters. The Bertz CT molecular complexity index is 166. The Hall–Kier alpha value is -0.0800. The van der Waals surface area contributed by atoms with Crippen molar-refractivity contribution < 1.29 is 10.2 Å². The van der Waals surface area contributed by atoms with Crippen LogP contribution in [0.5, 0.6) is 0 Å². The molecule has 0 aliphatic heterocycles. The Morgan fingerprint density at radius 3 is 1.86 bits per heavy atom. The normalized spacial score (nSPS) is 19.1. The maximum atomic E-state index is 9.79. The molecule has 14 heavy (non-hydrogen) atoms. The van der Waals surface area contributed by atoms with Gasteiger partial charge >= 0.3 is 0 Å². The van der Waals surface area contributed by atoms with Crippen LogP contribution in [-0.2, 0) is 0 Å². The number of hydrogen-bond donors (Lipinski definition) is 2. The molecule has 0 amide bonds. The highest BCUT2D eigenvalue weighted by Gasteiger charge is 2.35. The topological polar surface area (TPSA) is 40.5 Å². The van der Waals surface area contributed by atoms with E-state index in [2.05, 4.69) is 34.6 Å². The standard InChI is InChI=1S/C12H26O2/c1-6-11(3,4)9-12(5,7-2)10(14)8-13/h10,13-14H,6-9H2,1-5H3. The lowest BCUT2D eigenvalue weighted by atomic mass is 9.68. The molecule has 0 rings (SSSR count). The Kier molecular flexibility index (Phi) is 5.10. The molecule has 0 saturated carbocycles. The third kappa shape index (κ3) is 3.58. The number of aliphatic hydroxyl groups is 2. The van der Waals surface area contributed by atoms with E-state index in [4.69, 9.17) is 5.11 Å². The summed E-state index contributed by atoms with van der Waals surface area (Å²) in [5.74, 6) is 0. The summed E-state index contributed by atoms with van der Waals surface area (Å²) in [6.45, 7) is 10.6. The van der Waals surface area contributed by atoms with E-state index in [-0.39, 0.29) is 17.4 Å². The second-order valence-electron chi connectivity index (χ2n) is 5.40. The molecule has 0 aromatic heterocycles. The summed E-state index contributed by atoms with van der Waals surface area (Å²) in [7, 11) is 0. The van der Waals surface area contributed by atoms with Gasteiger partial charge in [-0.05, 0) is 23.7 Å². The molecule has 2 nitrogen and oxygen atoms in total. The third-order valence-electron chi connectivity index (χ3n) is 3.62. The highest BCUT2D eigenvalue weighted by molar-refractivity contribution is 4.86. The van der Waals surface area contributed by atoms with Gasteiger partial charge in [0.2, 0.25) is 0 Å². The first-order valence-corrected chi connectivity index (χ1v) is 5.60. The molecule has 0 radical (unpaired) electrons. The molecule has 2 unspecified atom stereocenters. The Morgan fingerprint density at radius 2 is 1.57 bits per heavy atom. The monoisotopic (exact) mass is 202 g/mol. The molecule has 0 saturated heterocycles. The second-order valence-corrected chi connectivity index (χ2v) is 5.40. The van der Waals surface area contributed by atoms with Crippen LogP contribution in [0.25, 0.3) is 0 Å². The first-order valence-electron chi connectivity index (χ1n) is 5.60. The summed E-state index contributed by atoms with van der Waals surface area (Å²) in [6, 6.07) is 0. The van der Waals surface area contributed by atoms with Crippen molar-refractivity contribution in [1.29, 1.82) is 0 Å². The van der Waals surface area contributed by atoms with E-state index in [1.54, 1.807) is 0 Å². The smallest absolute Gasteiger partial charge is 0.0824 e. The molecule has 0 fully saturated rings. The van der Waals surface area contributed by atoms with Crippen molar-refractivity contribution in [2.24, 2.45) is 10.8 Å². The lowest BCUT2D eigenvalue weighted by molar-refractivity contribution is -0.0323. The van der Waals surface area contributed by atoms with Crippen LogP contribution in [0.3, 0.4) is 0 Å². The van der Waals surface area contributed by atoms with E-state index in [1.165, 1.54) is 0 Å². The van der Waals surface area contributed by atoms with Crippen molar-refractivity contribution in [3.8, 4) is 0 Å². The molecule has 0 heterocycles. The lowest BCUT2D eigenvalue weighted by Gasteiger charge is -2.39. The summed E-state index contributed by atoms with van der Waals surface area (Å²) < 4.78 is 0. The molecular weight excluding hydrogens is 176 g/mol. The van der Waals surface area contributed by atoms with Crippen molar-refractivity contribution in [2.45, 2.75) is 60.0 Å². The molecule has 0 spiro atoms. The molecule has 2 N–H and O–H groups in total.